The summed E-state index contributed by atoms with van der Waals surface area (Å²) < 4.78 is 42.9. The predicted octanol–water partition coefficient (Wildman–Crippen LogP) is 5.71. The molecule has 4 aliphatic heterocycles. The zero-order chi connectivity index (χ0) is 44.3. The molecule has 0 aliphatic carbocycles. The first kappa shape index (κ1) is 47.3. The number of aliphatic carboxylic acids is 1. The molecule has 9 unspecified atom stereocenters. The molecule has 0 radical (unpaired) electrons. The van der Waals surface area contributed by atoms with Gasteiger partial charge in [-0.1, -0.05) is 107 Å². The number of hydrogen-bond acceptors (Lipinski definition) is 11. The van der Waals surface area contributed by atoms with E-state index in [0.29, 0.717) is 17.9 Å². The third-order valence-electron chi connectivity index (χ3n) is 11.5. The molecule has 4 amide bonds. The maximum absolute atomic E-state index is 13.8. The topological polar surface area (TPSA) is 201 Å². The van der Waals surface area contributed by atoms with Crippen LogP contribution in [-0.2, 0) is 60.4 Å². The van der Waals surface area contributed by atoms with Gasteiger partial charge in [0.25, 0.3) is 5.91 Å². The first-order valence-corrected chi connectivity index (χ1v) is 22.3. The normalized spacial score (nSPS) is 27.2. The van der Waals surface area contributed by atoms with Gasteiger partial charge in [-0.25, -0.2) is 9.59 Å². The van der Waals surface area contributed by atoms with Crippen LogP contribution in [0.25, 0.3) is 0 Å². The summed E-state index contributed by atoms with van der Waals surface area (Å²) in [6.45, 7) is 9.96. The monoisotopic (exact) mass is 866 g/mol. The maximum atomic E-state index is 13.8. The second kappa shape index (κ2) is 22.0. The number of carboxylic acid groups (broad SMARTS) is 1. The van der Waals surface area contributed by atoms with Crippen LogP contribution in [0, 0.1) is 0 Å². The molecule has 4 heterocycles. The molecule has 6 rings (SSSR count). The molecule has 4 aliphatic rings. The van der Waals surface area contributed by atoms with E-state index in [-0.39, 0.29) is 19.4 Å². The lowest BCUT2D eigenvalue weighted by Gasteiger charge is -2.28. The Morgan fingerprint density at radius 1 is 0.742 bits per heavy atom. The SMILES string of the molecule is CCCCCCCCCCCCOC1C(CNC(=O)C2OC3OC(C)(C)OC3C2NC(=O)Nc2ccc(CC(=O)NC(Cc3ccccc3)C(=O)O)cc2)OC2OC(C)(C)OC21. The van der Waals surface area contributed by atoms with E-state index in [0.717, 1.165) is 24.8 Å². The minimum absolute atomic E-state index is 0.0606. The summed E-state index contributed by atoms with van der Waals surface area (Å²) in [6.07, 6.45) is 7.25. The Bertz CT molecular complexity index is 1780. The number of urea groups is 1. The Kier molecular flexibility index (Phi) is 16.8. The number of carboxylic acids is 1. The standard InChI is InChI=1S/C46H66N4O12/c1-6-7-8-9-10-11-12-13-14-18-25-56-36-33(57-43-39(36)60-46(4,5)62-43)28-47-40(52)37-35(38-42(58-37)61-45(2,3)59-38)50-44(55)48-31-23-21-30(22-24-31)27-34(51)49-32(41(53)54)26-29-19-16-15-17-20-29/h15-17,19-24,32-33,35-39,42-43H,6-14,18,25-28H2,1-5H3,(H,47,52)(H,49,51)(H,53,54)(H2,48,50,55). The Balaban J connectivity index is 0.992. The molecule has 16 heteroatoms. The number of carbonyl (C=O) groups excluding carboxylic acids is 3. The lowest BCUT2D eigenvalue weighted by Crippen LogP contribution is -2.55. The fourth-order valence-corrected chi connectivity index (χ4v) is 8.42. The Hall–Kier alpha value is -4.16. The van der Waals surface area contributed by atoms with Crippen LogP contribution in [-0.4, -0.2) is 109 Å². The van der Waals surface area contributed by atoms with Crippen molar-refractivity contribution in [2.24, 2.45) is 0 Å². The molecule has 16 nitrogen and oxygen atoms in total. The summed E-state index contributed by atoms with van der Waals surface area (Å²) in [5.74, 6) is -3.92. The first-order chi connectivity index (χ1) is 29.7. The number of rotatable bonds is 23. The van der Waals surface area contributed by atoms with E-state index in [1.165, 1.54) is 44.9 Å². The molecule has 5 N–H and O–H groups in total. The number of unbranched alkanes of at least 4 members (excludes halogenated alkanes) is 9. The highest BCUT2D eigenvalue weighted by Gasteiger charge is 2.58. The molecular weight excluding hydrogens is 801 g/mol. The molecule has 342 valence electrons. The van der Waals surface area contributed by atoms with Crippen LogP contribution in [0.5, 0.6) is 0 Å². The number of fused-ring (bicyclic) bond motifs is 2. The zero-order valence-electron chi connectivity index (χ0n) is 36.7. The molecule has 2 aromatic rings. The largest absolute Gasteiger partial charge is 0.480 e. The van der Waals surface area contributed by atoms with Crippen molar-refractivity contribution >= 4 is 29.5 Å². The van der Waals surface area contributed by atoms with Gasteiger partial charge < -0.3 is 59.5 Å². The van der Waals surface area contributed by atoms with Crippen molar-refractivity contribution in [2.45, 2.75) is 178 Å². The van der Waals surface area contributed by atoms with E-state index in [9.17, 15) is 24.3 Å². The van der Waals surface area contributed by atoms with E-state index < -0.39 is 90.6 Å². The van der Waals surface area contributed by atoms with Gasteiger partial charge in [-0.05, 0) is 57.4 Å². The van der Waals surface area contributed by atoms with Gasteiger partial charge in [0, 0.05) is 25.3 Å². The van der Waals surface area contributed by atoms with E-state index in [4.69, 9.17) is 33.2 Å². The highest BCUT2D eigenvalue weighted by molar-refractivity contribution is 5.91. The quantitative estimate of drug-likeness (QED) is 0.0855. The van der Waals surface area contributed by atoms with E-state index >= 15 is 0 Å². The van der Waals surface area contributed by atoms with Crippen LogP contribution in [0.3, 0.4) is 0 Å². The summed E-state index contributed by atoms with van der Waals surface area (Å²) in [5, 5.41) is 20.8. The van der Waals surface area contributed by atoms with E-state index in [1.54, 1.807) is 50.2 Å². The van der Waals surface area contributed by atoms with Crippen molar-refractivity contribution in [2.75, 3.05) is 18.5 Å². The number of benzene rings is 2. The zero-order valence-corrected chi connectivity index (χ0v) is 36.7. The van der Waals surface area contributed by atoms with Crippen LogP contribution < -0.4 is 21.3 Å². The molecule has 0 bridgehead atoms. The molecule has 0 aromatic heterocycles. The molecule has 0 saturated carbocycles. The molecule has 0 spiro atoms. The van der Waals surface area contributed by atoms with Gasteiger partial charge in [0.05, 0.1) is 12.5 Å². The van der Waals surface area contributed by atoms with Crippen molar-refractivity contribution in [3.63, 3.8) is 0 Å². The van der Waals surface area contributed by atoms with Gasteiger partial charge in [-0.15, -0.1) is 0 Å². The number of anilines is 1. The maximum Gasteiger partial charge on any atom is 0.326 e. The van der Waals surface area contributed by atoms with Gasteiger partial charge in [0.2, 0.25) is 5.91 Å². The Morgan fingerprint density at radius 3 is 2.00 bits per heavy atom. The average Bonchev–Trinajstić information content (AvgIpc) is 3.91. The average molecular weight is 867 g/mol. The number of carbonyl (C=O) groups is 4. The Labute approximate surface area is 364 Å². The third kappa shape index (κ3) is 13.4. The molecule has 4 fully saturated rings. The van der Waals surface area contributed by atoms with Gasteiger partial charge in [-0.3, -0.25) is 9.59 Å². The Morgan fingerprint density at radius 2 is 1.35 bits per heavy atom. The fraction of sp³-hybridized carbons (Fsp3) is 0.652. The van der Waals surface area contributed by atoms with Crippen LogP contribution in [0.2, 0.25) is 0 Å². The van der Waals surface area contributed by atoms with Crippen LogP contribution in [0.15, 0.2) is 54.6 Å². The predicted molar refractivity (Wildman–Crippen MR) is 228 cm³/mol. The van der Waals surface area contributed by atoms with Crippen molar-refractivity contribution in [1.82, 2.24) is 16.0 Å². The van der Waals surface area contributed by atoms with Gasteiger partial charge in [-0.2, -0.15) is 0 Å². The highest BCUT2D eigenvalue weighted by atomic mass is 16.8. The molecular formula is C46H66N4O12. The van der Waals surface area contributed by atoms with Crippen molar-refractivity contribution in [1.29, 1.82) is 0 Å². The van der Waals surface area contributed by atoms with Crippen molar-refractivity contribution in [3.05, 3.63) is 65.7 Å². The van der Waals surface area contributed by atoms with Crippen molar-refractivity contribution in [3.8, 4) is 0 Å². The number of ether oxygens (including phenoxy) is 7. The van der Waals surface area contributed by atoms with Gasteiger partial charge >= 0.3 is 12.0 Å². The minimum atomic E-state index is -1.16. The number of nitrogens with one attached hydrogen (secondary N) is 4. The molecule has 62 heavy (non-hydrogen) atoms. The van der Waals surface area contributed by atoms with Gasteiger partial charge in [0.15, 0.2) is 30.3 Å². The second-order valence-electron chi connectivity index (χ2n) is 17.6. The van der Waals surface area contributed by atoms with Crippen LogP contribution >= 0.6 is 0 Å². The van der Waals surface area contributed by atoms with Crippen molar-refractivity contribution < 1.29 is 57.4 Å². The summed E-state index contributed by atoms with van der Waals surface area (Å²) in [6, 6.07) is 13.0. The molecule has 9 atom stereocenters. The summed E-state index contributed by atoms with van der Waals surface area (Å²) in [4.78, 5) is 51.9. The lowest BCUT2D eigenvalue weighted by atomic mass is 10.1. The van der Waals surface area contributed by atoms with Crippen LogP contribution in [0.4, 0.5) is 10.5 Å². The summed E-state index contributed by atoms with van der Waals surface area (Å²) >= 11 is 0. The minimum Gasteiger partial charge on any atom is -0.480 e. The van der Waals surface area contributed by atoms with E-state index in [1.807, 2.05) is 32.0 Å². The summed E-state index contributed by atoms with van der Waals surface area (Å²) in [5.41, 5.74) is 1.82. The third-order valence-corrected chi connectivity index (χ3v) is 11.5. The summed E-state index contributed by atoms with van der Waals surface area (Å²) in [7, 11) is 0. The number of amides is 4. The molecule has 2 aromatic carbocycles. The number of hydrogen-bond donors (Lipinski definition) is 5. The van der Waals surface area contributed by atoms with Crippen LogP contribution in [0.1, 0.15) is 110 Å². The first-order valence-electron chi connectivity index (χ1n) is 22.3. The lowest BCUT2D eigenvalue weighted by molar-refractivity contribution is -0.218. The highest BCUT2D eigenvalue weighted by Crippen LogP contribution is 2.40. The fourth-order valence-electron chi connectivity index (χ4n) is 8.42. The van der Waals surface area contributed by atoms with Gasteiger partial charge in [0.1, 0.15) is 30.5 Å². The second-order valence-corrected chi connectivity index (χ2v) is 17.6. The molecule has 4 saturated heterocycles. The van der Waals surface area contributed by atoms with E-state index in [2.05, 4.69) is 28.2 Å². The smallest absolute Gasteiger partial charge is 0.326 e.